The SMILES string of the molecule is CC(=O)c1c(NNC(=O)COc2cc(C)ccc2C(C)C)oc(C)cc1=O. The molecule has 0 aliphatic carbocycles. The number of nitrogens with one attached hydrogen (secondary N) is 2. The molecule has 1 amide bonds. The van der Waals surface area contributed by atoms with E-state index in [9.17, 15) is 14.4 Å². The van der Waals surface area contributed by atoms with Gasteiger partial charge in [0.1, 0.15) is 17.1 Å². The number of ether oxygens (including phenoxy) is 1. The Morgan fingerprint density at radius 2 is 1.89 bits per heavy atom. The highest BCUT2D eigenvalue weighted by Gasteiger charge is 2.16. The fraction of sp³-hybridized carbons (Fsp3) is 0.350. The Kier molecular flexibility index (Phi) is 6.39. The highest BCUT2D eigenvalue weighted by Crippen LogP contribution is 2.27. The van der Waals surface area contributed by atoms with Crippen molar-refractivity contribution in [2.24, 2.45) is 0 Å². The van der Waals surface area contributed by atoms with Gasteiger partial charge in [0, 0.05) is 6.07 Å². The van der Waals surface area contributed by atoms with Gasteiger partial charge in [0.25, 0.3) is 5.91 Å². The Morgan fingerprint density at radius 3 is 2.52 bits per heavy atom. The largest absolute Gasteiger partial charge is 0.483 e. The Balaban J connectivity index is 2.05. The van der Waals surface area contributed by atoms with Crippen molar-refractivity contribution in [2.45, 2.75) is 40.5 Å². The van der Waals surface area contributed by atoms with Gasteiger partial charge in [-0.05, 0) is 43.9 Å². The highest BCUT2D eigenvalue weighted by atomic mass is 16.5. The highest BCUT2D eigenvalue weighted by molar-refractivity contribution is 5.98. The predicted molar refractivity (Wildman–Crippen MR) is 102 cm³/mol. The number of benzene rings is 1. The summed E-state index contributed by atoms with van der Waals surface area (Å²) in [6.07, 6.45) is 0. The molecule has 0 aliphatic heterocycles. The lowest BCUT2D eigenvalue weighted by Crippen LogP contribution is -2.35. The first-order valence-corrected chi connectivity index (χ1v) is 8.63. The topological polar surface area (TPSA) is 97.6 Å². The van der Waals surface area contributed by atoms with Gasteiger partial charge in [-0.2, -0.15) is 0 Å². The second-order valence-electron chi connectivity index (χ2n) is 6.64. The summed E-state index contributed by atoms with van der Waals surface area (Å²) in [6, 6.07) is 7.07. The normalized spacial score (nSPS) is 10.6. The van der Waals surface area contributed by atoms with Crippen LogP contribution in [0.15, 0.2) is 33.5 Å². The first-order chi connectivity index (χ1) is 12.7. The minimum Gasteiger partial charge on any atom is -0.483 e. The quantitative estimate of drug-likeness (QED) is 0.572. The van der Waals surface area contributed by atoms with E-state index in [1.54, 1.807) is 6.92 Å². The number of carbonyl (C=O) groups excluding carboxylic acids is 2. The third-order valence-corrected chi connectivity index (χ3v) is 3.89. The first kappa shape index (κ1) is 20.2. The molecule has 7 nitrogen and oxygen atoms in total. The van der Waals surface area contributed by atoms with E-state index < -0.39 is 17.1 Å². The second-order valence-corrected chi connectivity index (χ2v) is 6.64. The summed E-state index contributed by atoms with van der Waals surface area (Å²) in [4.78, 5) is 35.7. The van der Waals surface area contributed by atoms with E-state index in [0.717, 1.165) is 11.1 Å². The summed E-state index contributed by atoms with van der Waals surface area (Å²) >= 11 is 0. The van der Waals surface area contributed by atoms with Gasteiger partial charge in [0.05, 0.1) is 0 Å². The second kappa shape index (κ2) is 8.53. The molecule has 7 heteroatoms. The van der Waals surface area contributed by atoms with Crippen LogP contribution in [0.3, 0.4) is 0 Å². The zero-order chi connectivity index (χ0) is 20.1. The number of hydrogen-bond donors (Lipinski definition) is 2. The lowest BCUT2D eigenvalue weighted by atomic mass is 10.0. The molecular formula is C20H24N2O5. The number of hydrogen-bond acceptors (Lipinski definition) is 6. The van der Waals surface area contributed by atoms with E-state index in [2.05, 4.69) is 10.9 Å². The van der Waals surface area contributed by atoms with Crippen LogP contribution < -0.4 is 21.0 Å². The average Bonchev–Trinajstić information content (AvgIpc) is 2.56. The molecule has 0 radical (unpaired) electrons. The lowest BCUT2D eigenvalue weighted by molar-refractivity contribution is -0.122. The van der Waals surface area contributed by atoms with Crippen molar-refractivity contribution >= 4 is 17.6 Å². The molecule has 1 aromatic carbocycles. The van der Waals surface area contributed by atoms with Crippen molar-refractivity contribution in [1.29, 1.82) is 0 Å². The zero-order valence-corrected chi connectivity index (χ0v) is 16.1. The van der Waals surface area contributed by atoms with E-state index in [1.807, 2.05) is 39.0 Å². The van der Waals surface area contributed by atoms with Crippen molar-refractivity contribution < 1.29 is 18.7 Å². The minimum atomic E-state index is -0.482. The molecule has 1 heterocycles. The maximum atomic E-state index is 12.1. The van der Waals surface area contributed by atoms with Crippen molar-refractivity contribution in [3.8, 4) is 5.75 Å². The smallest absolute Gasteiger partial charge is 0.276 e. The number of amides is 1. The van der Waals surface area contributed by atoms with Crippen LogP contribution in [0.2, 0.25) is 0 Å². The molecule has 2 aromatic rings. The van der Waals surface area contributed by atoms with Gasteiger partial charge in [0.2, 0.25) is 5.88 Å². The van der Waals surface area contributed by atoms with Crippen LogP contribution in [0.5, 0.6) is 5.75 Å². The van der Waals surface area contributed by atoms with Crippen LogP contribution in [0, 0.1) is 13.8 Å². The number of aryl methyl sites for hydroxylation is 2. The summed E-state index contributed by atoms with van der Waals surface area (Å²) in [5.74, 6) is 0.176. The first-order valence-electron chi connectivity index (χ1n) is 8.63. The summed E-state index contributed by atoms with van der Waals surface area (Å²) in [7, 11) is 0. The molecular weight excluding hydrogens is 348 g/mol. The fourth-order valence-electron chi connectivity index (χ4n) is 2.58. The molecule has 0 bridgehead atoms. The molecule has 144 valence electrons. The molecule has 0 atom stereocenters. The third-order valence-electron chi connectivity index (χ3n) is 3.89. The minimum absolute atomic E-state index is 0.0979. The van der Waals surface area contributed by atoms with Crippen molar-refractivity contribution in [3.63, 3.8) is 0 Å². The third kappa shape index (κ3) is 5.20. The van der Waals surface area contributed by atoms with E-state index >= 15 is 0 Å². The molecule has 0 unspecified atom stereocenters. The monoisotopic (exact) mass is 372 g/mol. The summed E-state index contributed by atoms with van der Waals surface area (Å²) in [6.45, 7) is 8.63. The Labute approximate surface area is 157 Å². The number of carbonyl (C=O) groups is 2. The molecule has 0 aliphatic rings. The van der Waals surface area contributed by atoms with E-state index in [-0.39, 0.29) is 24.0 Å². The number of ketones is 1. The van der Waals surface area contributed by atoms with Crippen LogP contribution in [0.25, 0.3) is 0 Å². The van der Waals surface area contributed by atoms with Gasteiger partial charge in [-0.15, -0.1) is 0 Å². The molecule has 2 N–H and O–H groups in total. The van der Waals surface area contributed by atoms with E-state index in [1.165, 1.54) is 13.0 Å². The van der Waals surface area contributed by atoms with Crippen molar-refractivity contribution in [2.75, 3.05) is 12.0 Å². The van der Waals surface area contributed by atoms with Crippen LogP contribution in [-0.2, 0) is 4.79 Å². The van der Waals surface area contributed by atoms with E-state index in [0.29, 0.717) is 11.5 Å². The summed E-state index contributed by atoms with van der Waals surface area (Å²) < 4.78 is 11.0. The van der Waals surface area contributed by atoms with Crippen molar-refractivity contribution in [1.82, 2.24) is 5.43 Å². The number of rotatable bonds is 7. The van der Waals surface area contributed by atoms with Crippen molar-refractivity contribution in [3.05, 3.63) is 56.9 Å². The van der Waals surface area contributed by atoms with Gasteiger partial charge in [0.15, 0.2) is 17.8 Å². The molecule has 27 heavy (non-hydrogen) atoms. The number of anilines is 1. The van der Waals surface area contributed by atoms with Crippen LogP contribution in [0.1, 0.15) is 53.9 Å². The number of Topliss-reactive ketones (excluding diaryl/α,β-unsaturated/α-hetero) is 1. The van der Waals surface area contributed by atoms with Gasteiger partial charge in [-0.1, -0.05) is 26.0 Å². The number of hydrazine groups is 1. The molecule has 2 rings (SSSR count). The molecule has 0 spiro atoms. The summed E-state index contributed by atoms with van der Waals surface area (Å²) in [5.41, 5.74) is 6.29. The maximum absolute atomic E-state index is 12.1. The Bertz CT molecular complexity index is 915. The molecule has 1 aromatic heterocycles. The fourth-order valence-corrected chi connectivity index (χ4v) is 2.58. The van der Waals surface area contributed by atoms with E-state index in [4.69, 9.17) is 9.15 Å². The lowest BCUT2D eigenvalue weighted by Gasteiger charge is -2.15. The maximum Gasteiger partial charge on any atom is 0.276 e. The van der Waals surface area contributed by atoms with Crippen LogP contribution in [0.4, 0.5) is 5.88 Å². The Morgan fingerprint density at radius 1 is 1.19 bits per heavy atom. The van der Waals surface area contributed by atoms with Gasteiger partial charge < -0.3 is 9.15 Å². The Hall–Kier alpha value is -3.09. The average molecular weight is 372 g/mol. The molecule has 0 fully saturated rings. The molecule has 0 saturated heterocycles. The van der Waals surface area contributed by atoms with Gasteiger partial charge in [-0.25, -0.2) is 0 Å². The zero-order valence-electron chi connectivity index (χ0n) is 16.1. The van der Waals surface area contributed by atoms with Crippen LogP contribution >= 0.6 is 0 Å². The summed E-state index contributed by atoms with van der Waals surface area (Å²) in [5, 5.41) is 0. The van der Waals surface area contributed by atoms with Gasteiger partial charge >= 0.3 is 0 Å². The molecule has 0 saturated carbocycles. The van der Waals surface area contributed by atoms with Crippen LogP contribution in [-0.4, -0.2) is 18.3 Å². The predicted octanol–water partition coefficient (Wildman–Crippen LogP) is 3.10. The van der Waals surface area contributed by atoms with Gasteiger partial charge in [-0.3, -0.25) is 25.2 Å². The standard InChI is InChI=1S/C20H24N2O5/c1-11(2)15-7-6-12(3)8-17(15)26-10-18(25)21-22-20-19(14(5)23)16(24)9-13(4)27-20/h6-9,11,22H,10H2,1-5H3,(H,21,25).